The first-order valence-electron chi connectivity index (χ1n) is 6.41. The Morgan fingerprint density at radius 1 is 1.37 bits per heavy atom. The predicted molar refractivity (Wildman–Crippen MR) is 77.2 cm³/mol. The van der Waals surface area contributed by atoms with Gasteiger partial charge < -0.3 is 11.1 Å². The van der Waals surface area contributed by atoms with Crippen LogP contribution in [0.1, 0.15) is 26.7 Å². The van der Waals surface area contributed by atoms with Crippen molar-refractivity contribution in [3.05, 3.63) is 18.2 Å². The maximum absolute atomic E-state index is 11.3. The predicted octanol–water partition coefficient (Wildman–Crippen LogP) is 1.76. The maximum Gasteiger partial charge on any atom is 0.240 e. The first kappa shape index (κ1) is 14.1. The molecule has 0 aliphatic heterocycles. The monoisotopic (exact) mass is 283 g/mol. The number of nitrogens with one attached hydrogen (secondary N) is 1. The topological polar surface area (TPSA) is 98.2 Å². The van der Waals surface area contributed by atoms with Gasteiger partial charge in [-0.05, 0) is 42.4 Å². The minimum absolute atomic E-state index is 0.0250. The van der Waals surface area contributed by atoms with Gasteiger partial charge in [-0.3, -0.25) is 0 Å². The van der Waals surface area contributed by atoms with Gasteiger partial charge in [0.2, 0.25) is 10.0 Å². The number of hydrogen-bond acceptors (Lipinski definition) is 4. The Hall–Kier alpha value is -1.27. The third-order valence-electron chi connectivity index (χ3n) is 4.08. The van der Waals surface area contributed by atoms with Crippen LogP contribution in [0.25, 0.3) is 0 Å². The van der Waals surface area contributed by atoms with E-state index in [-0.39, 0.29) is 10.6 Å². The second kappa shape index (κ2) is 4.68. The Morgan fingerprint density at radius 2 is 2.00 bits per heavy atom. The van der Waals surface area contributed by atoms with E-state index < -0.39 is 10.0 Å². The number of nitrogens with two attached hydrogens (primary N) is 2. The van der Waals surface area contributed by atoms with E-state index in [1.807, 2.05) is 0 Å². The number of nitrogen functional groups attached to an aromatic ring is 1. The largest absolute Gasteiger partial charge is 0.398 e. The summed E-state index contributed by atoms with van der Waals surface area (Å²) in [5, 5.41) is 8.41. The lowest BCUT2D eigenvalue weighted by Gasteiger charge is -2.21. The number of rotatable bonds is 5. The minimum Gasteiger partial charge on any atom is -0.398 e. The van der Waals surface area contributed by atoms with Gasteiger partial charge in [0, 0.05) is 12.2 Å². The van der Waals surface area contributed by atoms with E-state index in [4.69, 9.17) is 10.9 Å². The standard InChI is InChI=1S/C13H21N3O2S/c1-9(2)13(5-6-13)8-16-10-3-4-12(11(14)7-10)19(15,17)18/h3-4,7,9,16H,5-6,8,14H2,1-2H3,(H2,15,17,18). The molecule has 0 atom stereocenters. The highest BCUT2D eigenvalue weighted by Crippen LogP contribution is 2.51. The van der Waals surface area contributed by atoms with Crippen LogP contribution in [0.2, 0.25) is 0 Å². The van der Waals surface area contributed by atoms with Crippen molar-refractivity contribution < 1.29 is 8.42 Å². The summed E-state index contributed by atoms with van der Waals surface area (Å²) in [6, 6.07) is 4.77. The molecule has 1 aliphatic carbocycles. The van der Waals surface area contributed by atoms with Crippen molar-refractivity contribution in [2.75, 3.05) is 17.6 Å². The van der Waals surface area contributed by atoms with Crippen LogP contribution in [-0.2, 0) is 10.0 Å². The van der Waals surface area contributed by atoms with Crippen molar-refractivity contribution in [2.45, 2.75) is 31.6 Å². The van der Waals surface area contributed by atoms with Crippen LogP contribution in [0.15, 0.2) is 23.1 Å². The molecule has 0 bridgehead atoms. The fraction of sp³-hybridized carbons (Fsp3) is 0.538. The van der Waals surface area contributed by atoms with Gasteiger partial charge >= 0.3 is 0 Å². The summed E-state index contributed by atoms with van der Waals surface area (Å²) in [7, 11) is -3.75. The summed E-state index contributed by atoms with van der Waals surface area (Å²) >= 11 is 0. The van der Waals surface area contributed by atoms with Gasteiger partial charge in [-0.15, -0.1) is 0 Å². The quantitative estimate of drug-likeness (QED) is 0.717. The Morgan fingerprint density at radius 3 is 2.42 bits per heavy atom. The van der Waals surface area contributed by atoms with Crippen molar-refractivity contribution >= 4 is 21.4 Å². The lowest BCUT2D eigenvalue weighted by atomic mass is 9.92. The zero-order chi connectivity index (χ0) is 14.3. The molecule has 5 N–H and O–H groups in total. The summed E-state index contributed by atoms with van der Waals surface area (Å²) in [5.41, 5.74) is 7.12. The first-order chi connectivity index (χ1) is 8.74. The molecule has 0 aromatic heterocycles. The molecule has 5 nitrogen and oxygen atoms in total. The fourth-order valence-electron chi connectivity index (χ4n) is 2.31. The molecular weight excluding hydrogens is 262 g/mol. The van der Waals surface area contributed by atoms with Crippen molar-refractivity contribution in [1.82, 2.24) is 0 Å². The molecule has 0 amide bonds. The zero-order valence-corrected chi connectivity index (χ0v) is 12.1. The number of primary sulfonamides is 1. The van der Waals surface area contributed by atoms with Gasteiger partial charge in [-0.1, -0.05) is 13.8 Å². The van der Waals surface area contributed by atoms with Crippen molar-refractivity contribution in [2.24, 2.45) is 16.5 Å². The molecule has 19 heavy (non-hydrogen) atoms. The molecule has 0 unspecified atom stereocenters. The Balaban J connectivity index is 2.09. The molecule has 2 rings (SSSR count). The third-order valence-corrected chi connectivity index (χ3v) is 5.06. The summed E-state index contributed by atoms with van der Waals surface area (Å²) < 4.78 is 22.5. The minimum atomic E-state index is -3.75. The number of anilines is 2. The summed E-state index contributed by atoms with van der Waals surface area (Å²) in [6.07, 6.45) is 2.48. The zero-order valence-electron chi connectivity index (χ0n) is 11.3. The molecule has 6 heteroatoms. The number of hydrogen-bond donors (Lipinski definition) is 3. The molecule has 1 aliphatic rings. The van der Waals surface area contributed by atoms with Gasteiger partial charge in [0.15, 0.2) is 0 Å². The molecular formula is C13H21N3O2S. The van der Waals surface area contributed by atoms with E-state index in [2.05, 4.69) is 19.2 Å². The normalized spacial score (nSPS) is 17.5. The van der Waals surface area contributed by atoms with E-state index in [0.29, 0.717) is 11.3 Å². The average molecular weight is 283 g/mol. The molecule has 1 aromatic rings. The van der Waals surface area contributed by atoms with Crippen LogP contribution in [0, 0.1) is 11.3 Å². The second-order valence-electron chi connectivity index (χ2n) is 5.67. The van der Waals surface area contributed by atoms with Gasteiger partial charge in [-0.2, -0.15) is 0 Å². The molecule has 0 radical (unpaired) electrons. The molecule has 0 spiro atoms. The van der Waals surface area contributed by atoms with Crippen molar-refractivity contribution in [1.29, 1.82) is 0 Å². The van der Waals surface area contributed by atoms with Crippen LogP contribution in [0.3, 0.4) is 0 Å². The van der Waals surface area contributed by atoms with Gasteiger partial charge in [-0.25, -0.2) is 13.6 Å². The second-order valence-corrected chi connectivity index (χ2v) is 7.20. The molecule has 1 fully saturated rings. The van der Waals surface area contributed by atoms with E-state index in [1.165, 1.54) is 18.9 Å². The van der Waals surface area contributed by atoms with Gasteiger partial charge in [0.05, 0.1) is 5.69 Å². The fourth-order valence-corrected chi connectivity index (χ4v) is 2.96. The highest BCUT2D eigenvalue weighted by molar-refractivity contribution is 7.89. The van der Waals surface area contributed by atoms with E-state index in [0.717, 1.165) is 12.2 Å². The molecule has 106 valence electrons. The maximum atomic E-state index is 11.3. The highest BCUT2D eigenvalue weighted by atomic mass is 32.2. The van der Waals surface area contributed by atoms with E-state index in [1.54, 1.807) is 12.1 Å². The van der Waals surface area contributed by atoms with Crippen molar-refractivity contribution in [3.63, 3.8) is 0 Å². The Bertz CT molecular complexity index is 578. The summed E-state index contributed by atoms with van der Waals surface area (Å²) in [6.45, 7) is 5.35. The van der Waals surface area contributed by atoms with Gasteiger partial charge in [0.25, 0.3) is 0 Å². The van der Waals surface area contributed by atoms with Crippen LogP contribution < -0.4 is 16.2 Å². The summed E-state index contributed by atoms with van der Waals surface area (Å²) in [4.78, 5) is -0.0250. The van der Waals surface area contributed by atoms with Crippen LogP contribution in [-0.4, -0.2) is 15.0 Å². The smallest absolute Gasteiger partial charge is 0.240 e. The van der Waals surface area contributed by atoms with Crippen LogP contribution >= 0.6 is 0 Å². The summed E-state index contributed by atoms with van der Waals surface area (Å²) in [5.74, 6) is 0.640. The first-order valence-corrected chi connectivity index (χ1v) is 7.95. The van der Waals surface area contributed by atoms with E-state index >= 15 is 0 Å². The van der Waals surface area contributed by atoms with E-state index in [9.17, 15) is 8.42 Å². The number of sulfonamides is 1. The van der Waals surface area contributed by atoms with Gasteiger partial charge in [0.1, 0.15) is 4.90 Å². The lowest BCUT2D eigenvalue weighted by Crippen LogP contribution is -2.21. The molecule has 1 saturated carbocycles. The molecule has 0 saturated heterocycles. The SMILES string of the molecule is CC(C)C1(CNc2ccc(S(N)(=O)=O)c(N)c2)CC1. The Labute approximate surface area is 114 Å². The average Bonchev–Trinajstić information content (AvgIpc) is 3.05. The van der Waals surface area contributed by atoms with Crippen LogP contribution in [0.5, 0.6) is 0 Å². The third kappa shape index (κ3) is 3.01. The highest BCUT2D eigenvalue weighted by Gasteiger charge is 2.44. The van der Waals surface area contributed by atoms with Crippen LogP contribution in [0.4, 0.5) is 11.4 Å². The lowest BCUT2D eigenvalue weighted by molar-refractivity contribution is 0.380. The molecule has 0 heterocycles. The van der Waals surface area contributed by atoms with Crippen molar-refractivity contribution in [3.8, 4) is 0 Å². The number of benzene rings is 1. The molecule has 1 aromatic carbocycles. The Kier molecular flexibility index (Phi) is 3.49.